The van der Waals surface area contributed by atoms with Gasteiger partial charge in [0.2, 0.25) is 0 Å². The van der Waals surface area contributed by atoms with Gasteiger partial charge in [0, 0.05) is 12.6 Å². The summed E-state index contributed by atoms with van der Waals surface area (Å²) in [7, 11) is 1.72. The number of hydrazine groups is 1. The van der Waals surface area contributed by atoms with Crippen molar-refractivity contribution < 1.29 is 0 Å². The molecule has 0 fully saturated rings. The van der Waals surface area contributed by atoms with Crippen molar-refractivity contribution in [2.45, 2.75) is 0 Å². The number of nitrogens with two attached hydrogens (primary N) is 1. The molecular weight excluding hydrogens is 186 g/mol. The molecule has 2 aromatic carbocycles. The van der Waals surface area contributed by atoms with Crippen molar-refractivity contribution in [3.05, 3.63) is 48.0 Å². The van der Waals surface area contributed by atoms with Crippen molar-refractivity contribution in [3.63, 3.8) is 0 Å². The van der Waals surface area contributed by atoms with Crippen LogP contribution in [0, 0.1) is 0 Å². The van der Waals surface area contributed by atoms with E-state index >= 15 is 0 Å². The van der Waals surface area contributed by atoms with E-state index in [2.05, 4.69) is 28.6 Å². The summed E-state index contributed by atoms with van der Waals surface area (Å²) in [6, 6.07) is 14.2. The standard InChI is InChI=1S/C12H13N3/c1-14-12(15-13)11-8-4-6-9-5-2-3-7-10(9)11/h2-8H,13H2,1H3,(H,14,15). The first kappa shape index (κ1) is 9.68. The Morgan fingerprint density at radius 1 is 1.13 bits per heavy atom. The van der Waals surface area contributed by atoms with Crippen molar-refractivity contribution in [2.24, 2.45) is 10.8 Å². The van der Waals surface area contributed by atoms with Crippen LogP contribution >= 0.6 is 0 Å². The number of amidine groups is 1. The van der Waals surface area contributed by atoms with Crippen molar-refractivity contribution in [1.29, 1.82) is 0 Å². The monoisotopic (exact) mass is 199 g/mol. The maximum absolute atomic E-state index is 5.43. The SMILES string of the molecule is CN=C(NN)c1cccc2ccccc12. The number of aliphatic imine (C=N–C) groups is 1. The second kappa shape index (κ2) is 4.11. The van der Waals surface area contributed by atoms with Gasteiger partial charge in [0.05, 0.1) is 0 Å². The van der Waals surface area contributed by atoms with Gasteiger partial charge < -0.3 is 5.43 Å². The maximum Gasteiger partial charge on any atom is 0.142 e. The lowest BCUT2D eigenvalue weighted by molar-refractivity contribution is 1.02. The fourth-order valence-corrected chi connectivity index (χ4v) is 1.69. The second-order valence-corrected chi connectivity index (χ2v) is 3.24. The van der Waals surface area contributed by atoms with Crippen molar-refractivity contribution in [2.75, 3.05) is 7.05 Å². The van der Waals surface area contributed by atoms with Crippen LogP contribution < -0.4 is 11.3 Å². The molecule has 0 bridgehead atoms. The number of rotatable bonds is 1. The van der Waals surface area contributed by atoms with E-state index in [9.17, 15) is 0 Å². The quantitative estimate of drug-likeness (QED) is 0.318. The number of nitrogens with one attached hydrogen (secondary N) is 1. The Morgan fingerprint density at radius 3 is 2.60 bits per heavy atom. The van der Waals surface area contributed by atoms with E-state index < -0.39 is 0 Å². The number of fused-ring (bicyclic) bond motifs is 1. The molecule has 0 aliphatic heterocycles. The second-order valence-electron chi connectivity index (χ2n) is 3.24. The molecular formula is C12H13N3. The molecule has 0 saturated carbocycles. The summed E-state index contributed by atoms with van der Waals surface area (Å²) in [5.74, 6) is 6.13. The summed E-state index contributed by atoms with van der Waals surface area (Å²) in [4.78, 5) is 4.11. The molecule has 3 N–H and O–H groups in total. The Bertz CT molecular complexity index is 498. The molecule has 76 valence electrons. The number of nitrogens with zero attached hydrogens (tertiary/aromatic N) is 1. The average molecular weight is 199 g/mol. The molecule has 0 aromatic heterocycles. The van der Waals surface area contributed by atoms with Gasteiger partial charge in [-0.1, -0.05) is 42.5 Å². The van der Waals surface area contributed by atoms with Crippen molar-refractivity contribution >= 4 is 16.6 Å². The predicted octanol–water partition coefficient (Wildman–Crippen LogP) is 1.68. The van der Waals surface area contributed by atoms with Gasteiger partial charge in [-0.25, -0.2) is 5.84 Å². The van der Waals surface area contributed by atoms with Crippen molar-refractivity contribution in [1.82, 2.24) is 5.43 Å². The summed E-state index contributed by atoms with van der Waals surface area (Å²) in [5.41, 5.74) is 3.64. The molecule has 0 atom stereocenters. The third-order valence-corrected chi connectivity index (χ3v) is 2.41. The van der Waals surface area contributed by atoms with Crippen LogP contribution in [0.1, 0.15) is 5.56 Å². The van der Waals surface area contributed by atoms with E-state index in [4.69, 9.17) is 5.84 Å². The molecule has 2 aromatic rings. The fraction of sp³-hybridized carbons (Fsp3) is 0.0833. The van der Waals surface area contributed by atoms with Gasteiger partial charge in [-0.2, -0.15) is 0 Å². The Hall–Kier alpha value is -1.87. The number of hydrogen-bond donors (Lipinski definition) is 2. The van der Waals surface area contributed by atoms with Crippen molar-refractivity contribution in [3.8, 4) is 0 Å². The van der Waals surface area contributed by atoms with Crippen LogP contribution in [0.3, 0.4) is 0 Å². The van der Waals surface area contributed by atoms with Gasteiger partial charge in [-0.3, -0.25) is 4.99 Å². The first-order valence-corrected chi connectivity index (χ1v) is 4.78. The summed E-state index contributed by atoms with van der Waals surface area (Å²) < 4.78 is 0. The molecule has 0 saturated heterocycles. The lowest BCUT2D eigenvalue weighted by atomic mass is 10.0. The van der Waals surface area contributed by atoms with Crippen LogP contribution in [-0.2, 0) is 0 Å². The van der Waals surface area contributed by atoms with Crippen LogP contribution in [0.4, 0.5) is 0 Å². The number of hydrogen-bond acceptors (Lipinski definition) is 2. The van der Waals surface area contributed by atoms with Crippen LogP contribution in [-0.4, -0.2) is 12.9 Å². The van der Waals surface area contributed by atoms with Gasteiger partial charge in [0.15, 0.2) is 0 Å². The smallest absolute Gasteiger partial charge is 0.142 e. The summed E-state index contributed by atoms with van der Waals surface area (Å²) in [5, 5.41) is 2.34. The largest absolute Gasteiger partial charge is 0.308 e. The van der Waals surface area contributed by atoms with E-state index in [1.54, 1.807) is 7.05 Å². The topological polar surface area (TPSA) is 50.4 Å². The zero-order chi connectivity index (χ0) is 10.7. The predicted molar refractivity (Wildman–Crippen MR) is 63.7 cm³/mol. The molecule has 2 rings (SSSR count). The minimum atomic E-state index is 0.701. The Balaban J connectivity index is 2.71. The summed E-state index contributed by atoms with van der Waals surface area (Å²) in [6.45, 7) is 0. The van der Waals surface area contributed by atoms with Gasteiger partial charge in [0.25, 0.3) is 0 Å². The Kier molecular flexibility index (Phi) is 2.65. The first-order valence-electron chi connectivity index (χ1n) is 4.78. The fourth-order valence-electron chi connectivity index (χ4n) is 1.69. The zero-order valence-corrected chi connectivity index (χ0v) is 8.57. The highest BCUT2D eigenvalue weighted by atomic mass is 15.2. The van der Waals surface area contributed by atoms with Crippen LogP contribution in [0.5, 0.6) is 0 Å². The van der Waals surface area contributed by atoms with Gasteiger partial charge in [-0.15, -0.1) is 0 Å². The Morgan fingerprint density at radius 2 is 1.87 bits per heavy atom. The van der Waals surface area contributed by atoms with Crippen LogP contribution in [0.15, 0.2) is 47.5 Å². The van der Waals surface area contributed by atoms with E-state index in [-0.39, 0.29) is 0 Å². The van der Waals surface area contributed by atoms with E-state index in [1.807, 2.05) is 24.3 Å². The van der Waals surface area contributed by atoms with Crippen LogP contribution in [0.2, 0.25) is 0 Å². The third kappa shape index (κ3) is 1.69. The molecule has 3 nitrogen and oxygen atoms in total. The minimum Gasteiger partial charge on any atom is -0.308 e. The molecule has 0 amide bonds. The molecule has 0 radical (unpaired) electrons. The molecule has 0 unspecified atom stereocenters. The average Bonchev–Trinajstić information content (AvgIpc) is 2.31. The van der Waals surface area contributed by atoms with Gasteiger partial charge in [0.1, 0.15) is 5.84 Å². The highest BCUT2D eigenvalue weighted by molar-refractivity contribution is 6.09. The van der Waals surface area contributed by atoms with Gasteiger partial charge >= 0.3 is 0 Å². The molecule has 0 aliphatic rings. The summed E-state index contributed by atoms with van der Waals surface area (Å²) in [6.07, 6.45) is 0. The van der Waals surface area contributed by atoms with E-state index in [0.29, 0.717) is 5.84 Å². The van der Waals surface area contributed by atoms with Crippen LogP contribution in [0.25, 0.3) is 10.8 Å². The molecule has 15 heavy (non-hydrogen) atoms. The molecule has 0 spiro atoms. The van der Waals surface area contributed by atoms with E-state index in [1.165, 1.54) is 5.39 Å². The molecule has 0 heterocycles. The zero-order valence-electron chi connectivity index (χ0n) is 8.57. The lowest BCUT2D eigenvalue weighted by Gasteiger charge is -2.08. The normalized spacial score (nSPS) is 11.7. The minimum absolute atomic E-state index is 0.701. The highest BCUT2D eigenvalue weighted by Gasteiger charge is 2.04. The highest BCUT2D eigenvalue weighted by Crippen LogP contribution is 2.18. The first-order chi connectivity index (χ1) is 7.36. The number of benzene rings is 2. The molecule has 3 heteroatoms. The summed E-state index contributed by atoms with van der Waals surface area (Å²) >= 11 is 0. The Labute approximate surface area is 88.6 Å². The third-order valence-electron chi connectivity index (χ3n) is 2.41. The maximum atomic E-state index is 5.43. The molecule has 0 aliphatic carbocycles. The van der Waals surface area contributed by atoms with Gasteiger partial charge in [-0.05, 0) is 10.8 Å². The lowest BCUT2D eigenvalue weighted by Crippen LogP contribution is -2.31. The van der Waals surface area contributed by atoms with E-state index in [0.717, 1.165) is 10.9 Å².